The van der Waals surface area contributed by atoms with E-state index in [1.807, 2.05) is 4.90 Å². The Balaban J connectivity index is 1.68. The molecule has 0 unspecified atom stereocenters. The summed E-state index contributed by atoms with van der Waals surface area (Å²) in [7, 11) is 1.79. The summed E-state index contributed by atoms with van der Waals surface area (Å²) in [4.78, 5) is 16.6. The molecule has 0 N–H and O–H groups in total. The molecule has 0 bridgehead atoms. The summed E-state index contributed by atoms with van der Waals surface area (Å²) in [5.74, 6) is 0.670. The van der Waals surface area contributed by atoms with Crippen molar-refractivity contribution in [2.45, 2.75) is 32.1 Å². The highest BCUT2D eigenvalue weighted by atomic mass is 16.5. The lowest BCUT2D eigenvalue weighted by molar-refractivity contribution is 0.0708. The van der Waals surface area contributed by atoms with Crippen molar-refractivity contribution in [3.8, 4) is 0 Å². The molecular formula is C14H24N2O2. The second-order valence-electron chi connectivity index (χ2n) is 6.24. The Hall–Kier alpha value is -0.770. The minimum absolute atomic E-state index is 0.268. The Morgan fingerprint density at radius 3 is 2.78 bits per heavy atom. The average molecular weight is 252 g/mol. The standard InChI is InChI=1S/C14H24N2O2/c1-18-11-14-6-4-5-12(14)9-16(10-14)13(17)15-7-2-3-8-15/h12H,2-11H2,1H3/t12-,14+/m0/s1. The molecule has 18 heavy (non-hydrogen) atoms. The smallest absolute Gasteiger partial charge is 0.320 e. The molecule has 0 radical (unpaired) electrons. The third kappa shape index (κ3) is 1.91. The Kier molecular flexibility index (Phi) is 3.22. The molecular weight excluding hydrogens is 228 g/mol. The van der Waals surface area contributed by atoms with Gasteiger partial charge in [0, 0.05) is 38.7 Å². The molecule has 3 aliphatic rings. The van der Waals surface area contributed by atoms with Gasteiger partial charge >= 0.3 is 6.03 Å². The molecule has 0 aromatic heterocycles. The first-order valence-electron chi connectivity index (χ1n) is 7.28. The van der Waals surface area contributed by atoms with Crippen LogP contribution in [0.1, 0.15) is 32.1 Å². The molecule has 2 atom stereocenters. The molecule has 2 aliphatic heterocycles. The normalized spacial score (nSPS) is 35.3. The number of fused-ring (bicyclic) bond motifs is 1. The van der Waals surface area contributed by atoms with Crippen LogP contribution in [0.25, 0.3) is 0 Å². The van der Waals surface area contributed by atoms with Crippen LogP contribution in [0.3, 0.4) is 0 Å². The zero-order valence-electron chi connectivity index (χ0n) is 11.4. The number of methoxy groups -OCH3 is 1. The van der Waals surface area contributed by atoms with Gasteiger partial charge in [-0.15, -0.1) is 0 Å². The van der Waals surface area contributed by atoms with E-state index in [9.17, 15) is 4.79 Å². The van der Waals surface area contributed by atoms with Gasteiger partial charge in [-0.3, -0.25) is 0 Å². The SMILES string of the molecule is COC[C@]12CCC[C@H]1CN(C(=O)N1CCCC1)C2. The van der Waals surface area contributed by atoms with Crippen LogP contribution in [0.15, 0.2) is 0 Å². The van der Waals surface area contributed by atoms with E-state index in [1.54, 1.807) is 7.11 Å². The van der Waals surface area contributed by atoms with Crippen LogP contribution in [0, 0.1) is 11.3 Å². The fourth-order valence-corrected chi connectivity index (χ4v) is 4.19. The van der Waals surface area contributed by atoms with Crippen LogP contribution in [-0.4, -0.2) is 55.7 Å². The van der Waals surface area contributed by atoms with Gasteiger partial charge in [0.05, 0.1) is 6.61 Å². The van der Waals surface area contributed by atoms with Crippen molar-refractivity contribution in [2.75, 3.05) is 39.9 Å². The van der Waals surface area contributed by atoms with Crippen LogP contribution in [0.2, 0.25) is 0 Å². The Labute approximate surface area is 109 Å². The highest BCUT2D eigenvalue weighted by molar-refractivity contribution is 5.75. The molecule has 2 heterocycles. The van der Waals surface area contributed by atoms with Crippen molar-refractivity contribution in [1.29, 1.82) is 0 Å². The fraction of sp³-hybridized carbons (Fsp3) is 0.929. The monoisotopic (exact) mass is 252 g/mol. The second-order valence-corrected chi connectivity index (χ2v) is 6.24. The summed E-state index contributed by atoms with van der Waals surface area (Å²) < 4.78 is 5.43. The quantitative estimate of drug-likeness (QED) is 0.752. The van der Waals surface area contributed by atoms with E-state index in [2.05, 4.69) is 4.90 Å². The number of amides is 2. The summed E-state index contributed by atoms with van der Waals surface area (Å²) in [6.45, 7) is 4.61. The van der Waals surface area contributed by atoms with E-state index in [0.29, 0.717) is 5.92 Å². The molecule has 1 aliphatic carbocycles. The number of carbonyl (C=O) groups excluding carboxylic acids is 1. The van der Waals surface area contributed by atoms with Crippen molar-refractivity contribution >= 4 is 6.03 Å². The van der Waals surface area contributed by atoms with E-state index in [0.717, 1.165) is 32.8 Å². The molecule has 4 nitrogen and oxygen atoms in total. The van der Waals surface area contributed by atoms with Gasteiger partial charge in [0.1, 0.15) is 0 Å². The van der Waals surface area contributed by atoms with Gasteiger partial charge in [-0.25, -0.2) is 4.79 Å². The number of ether oxygens (including phenoxy) is 1. The summed E-state index contributed by atoms with van der Waals surface area (Å²) >= 11 is 0. The number of hydrogen-bond donors (Lipinski definition) is 0. The molecule has 3 fully saturated rings. The maximum atomic E-state index is 12.4. The second kappa shape index (κ2) is 4.72. The van der Waals surface area contributed by atoms with Crippen LogP contribution in [0.4, 0.5) is 4.79 Å². The van der Waals surface area contributed by atoms with Gasteiger partial charge in [0.2, 0.25) is 0 Å². The molecule has 2 amide bonds. The van der Waals surface area contributed by atoms with Crippen molar-refractivity contribution in [1.82, 2.24) is 9.80 Å². The molecule has 0 aromatic rings. The van der Waals surface area contributed by atoms with Crippen LogP contribution in [0.5, 0.6) is 0 Å². The Morgan fingerprint density at radius 1 is 1.28 bits per heavy atom. The van der Waals surface area contributed by atoms with Crippen molar-refractivity contribution < 1.29 is 9.53 Å². The first kappa shape index (κ1) is 12.3. The average Bonchev–Trinajstić information content (AvgIpc) is 3.02. The number of urea groups is 1. The minimum Gasteiger partial charge on any atom is -0.384 e. The molecule has 0 spiro atoms. The number of likely N-dealkylation sites (tertiary alicyclic amines) is 2. The predicted molar refractivity (Wildman–Crippen MR) is 69.4 cm³/mol. The van der Waals surface area contributed by atoms with Crippen molar-refractivity contribution in [3.05, 3.63) is 0 Å². The summed E-state index contributed by atoms with van der Waals surface area (Å²) in [6, 6.07) is 0.275. The van der Waals surface area contributed by atoms with Gasteiger partial charge in [-0.1, -0.05) is 6.42 Å². The lowest BCUT2D eigenvalue weighted by Crippen LogP contribution is -2.42. The number of nitrogens with zero attached hydrogens (tertiary/aromatic N) is 2. The first-order valence-corrected chi connectivity index (χ1v) is 7.28. The number of carbonyl (C=O) groups is 1. The Morgan fingerprint density at radius 2 is 2.06 bits per heavy atom. The van der Waals surface area contributed by atoms with Gasteiger partial charge in [-0.05, 0) is 31.6 Å². The van der Waals surface area contributed by atoms with Gasteiger partial charge < -0.3 is 14.5 Å². The van der Waals surface area contributed by atoms with E-state index >= 15 is 0 Å². The topological polar surface area (TPSA) is 32.8 Å². The van der Waals surface area contributed by atoms with Crippen LogP contribution >= 0.6 is 0 Å². The maximum Gasteiger partial charge on any atom is 0.320 e. The van der Waals surface area contributed by atoms with E-state index in [4.69, 9.17) is 4.74 Å². The van der Waals surface area contributed by atoms with Crippen LogP contribution < -0.4 is 0 Å². The van der Waals surface area contributed by atoms with Crippen molar-refractivity contribution in [3.63, 3.8) is 0 Å². The van der Waals surface area contributed by atoms with E-state index < -0.39 is 0 Å². The lowest BCUT2D eigenvalue weighted by Gasteiger charge is -2.29. The molecule has 2 saturated heterocycles. The lowest BCUT2D eigenvalue weighted by atomic mass is 9.82. The maximum absolute atomic E-state index is 12.4. The summed E-state index contributed by atoms with van der Waals surface area (Å²) in [6.07, 6.45) is 6.15. The van der Waals surface area contributed by atoms with E-state index in [1.165, 1.54) is 32.1 Å². The zero-order valence-corrected chi connectivity index (χ0v) is 11.4. The van der Waals surface area contributed by atoms with Gasteiger partial charge in [0.15, 0.2) is 0 Å². The zero-order chi connectivity index (χ0) is 12.6. The van der Waals surface area contributed by atoms with Crippen LogP contribution in [-0.2, 0) is 4.74 Å². The minimum atomic E-state index is 0.268. The third-order valence-electron chi connectivity index (χ3n) is 5.12. The van der Waals surface area contributed by atoms with Crippen molar-refractivity contribution in [2.24, 2.45) is 11.3 Å². The molecule has 0 aromatic carbocycles. The van der Waals surface area contributed by atoms with E-state index in [-0.39, 0.29) is 11.4 Å². The fourth-order valence-electron chi connectivity index (χ4n) is 4.19. The highest BCUT2D eigenvalue weighted by Gasteiger charge is 2.51. The molecule has 3 rings (SSSR count). The number of hydrogen-bond acceptors (Lipinski definition) is 2. The molecule has 102 valence electrons. The molecule has 1 saturated carbocycles. The first-order chi connectivity index (χ1) is 8.75. The largest absolute Gasteiger partial charge is 0.384 e. The molecule has 4 heteroatoms. The third-order valence-corrected chi connectivity index (χ3v) is 5.12. The number of rotatable bonds is 2. The predicted octanol–water partition coefficient (Wildman–Crippen LogP) is 1.95. The Bertz CT molecular complexity index is 328. The van der Waals surface area contributed by atoms with Gasteiger partial charge in [0.25, 0.3) is 0 Å². The summed E-state index contributed by atoms with van der Waals surface area (Å²) in [5, 5.41) is 0. The van der Waals surface area contributed by atoms with Gasteiger partial charge in [-0.2, -0.15) is 0 Å². The summed E-state index contributed by atoms with van der Waals surface area (Å²) in [5.41, 5.74) is 0.268. The highest BCUT2D eigenvalue weighted by Crippen LogP contribution is 2.49.